The number of allylic oxidation sites excluding steroid dienone is 3. The van der Waals surface area contributed by atoms with Crippen molar-refractivity contribution in [3.63, 3.8) is 0 Å². The quantitative estimate of drug-likeness (QED) is 0.206. The molecule has 0 spiro atoms. The summed E-state index contributed by atoms with van der Waals surface area (Å²) in [6.07, 6.45) is 0.902. The zero-order valence-electron chi connectivity index (χ0n) is 31.5. The number of nitrogens with one attached hydrogen (secondary N) is 1. The summed E-state index contributed by atoms with van der Waals surface area (Å²) in [6.45, 7) is 10.4. The molecule has 2 N–H and O–H groups in total. The Morgan fingerprint density at radius 3 is 2.56 bits per heavy atom. The van der Waals surface area contributed by atoms with Crippen LogP contribution in [0.4, 0.5) is 10.5 Å². The molecular weight excluding hydrogens is 714 g/mol. The third kappa shape index (κ3) is 8.57. The summed E-state index contributed by atoms with van der Waals surface area (Å²) in [6, 6.07) is 2.57. The van der Waals surface area contributed by atoms with E-state index in [1.807, 2.05) is 13.0 Å². The van der Waals surface area contributed by atoms with Gasteiger partial charge in [0.2, 0.25) is 11.8 Å². The van der Waals surface area contributed by atoms with Crippen molar-refractivity contribution in [1.82, 2.24) is 10.2 Å². The Hall–Kier alpha value is -3.30. The Morgan fingerprint density at radius 1 is 1.27 bits per heavy atom. The van der Waals surface area contributed by atoms with Crippen molar-refractivity contribution in [2.75, 3.05) is 39.0 Å². The number of benzene rings is 1. The van der Waals surface area contributed by atoms with Gasteiger partial charge in [-0.15, -0.1) is 0 Å². The minimum Gasteiger partial charge on any atom is -0.495 e. The maximum absolute atomic E-state index is 14.1. The zero-order chi connectivity index (χ0) is 38.9. The largest absolute Gasteiger partial charge is 0.495 e. The average Bonchev–Trinajstić information content (AvgIpc) is 3.79. The van der Waals surface area contributed by atoms with Crippen LogP contribution in [0.5, 0.6) is 5.75 Å². The lowest BCUT2D eigenvalue weighted by Gasteiger charge is -2.42. The molecule has 0 saturated carbocycles. The Morgan fingerprint density at radius 2 is 1.94 bits per heavy atom. The van der Waals surface area contributed by atoms with E-state index in [1.165, 1.54) is 31.1 Å². The van der Waals surface area contributed by atoms with E-state index in [9.17, 15) is 24.3 Å². The second kappa shape index (κ2) is 16.0. The first-order chi connectivity index (χ1) is 24.2. The van der Waals surface area contributed by atoms with E-state index < -0.39 is 71.1 Å². The van der Waals surface area contributed by atoms with E-state index in [0.29, 0.717) is 17.9 Å². The van der Waals surface area contributed by atoms with E-state index in [2.05, 4.69) is 17.9 Å². The van der Waals surface area contributed by atoms with Gasteiger partial charge in [-0.05, 0) is 44.9 Å². The molecule has 0 aliphatic carbocycles. The lowest BCUT2D eigenvalue weighted by atomic mass is 9.83. The highest BCUT2D eigenvalue weighted by atomic mass is 35.5. The highest BCUT2D eigenvalue weighted by Gasteiger charge is 2.64. The number of hydrogen-bond acceptors (Lipinski definition) is 11. The fourth-order valence-corrected chi connectivity index (χ4v) is 7.17. The molecule has 8 atom stereocenters. The number of esters is 1. The first-order valence-corrected chi connectivity index (χ1v) is 18.2. The topological polar surface area (TPSA) is 156 Å². The lowest BCUT2D eigenvalue weighted by Crippen LogP contribution is -2.63. The van der Waals surface area contributed by atoms with E-state index in [1.54, 1.807) is 66.0 Å². The van der Waals surface area contributed by atoms with E-state index in [0.717, 1.165) is 11.1 Å². The van der Waals surface area contributed by atoms with Crippen LogP contribution in [0.25, 0.3) is 0 Å². The number of hydrogen-bond donors (Lipinski definition) is 3. The molecule has 2 saturated heterocycles. The number of thiol groups is 1. The number of aliphatic hydroxyl groups is 1. The highest BCUT2D eigenvalue weighted by Crippen LogP contribution is 2.49. The van der Waals surface area contributed by atoms with E-state index in [-0.39, 0.29) is 29.5 Å². The highest BCUT2D eigenvalue weighted by molar-refractivity contribution is 7.80. The molecule has 3 aliphatic rings. The number of carbonyl (C=O) groups excluding carboxylic acids is 4. The van der Waals surface area contributed by atoms with Crippen LogP contribution in [0.3, 0.4) is 0 Å². The molecule has 52 heavy (non-hydrogen) atoms. The summed E-state index contributed by atoms with van der Waals surface area (Å²) in [5.41, 5.74) is -1.77. The Bertz CT molecular complexity index is 1620. The van der Waals surface area contributed by atoms with Crippen molar-refractivity contribution in [2.45, 2.75) is 103 Å². The van der Waals surface area contributed by atoms with Gasteiger partial charge >= 0.3 is 12.1 Å². The second-order valence-electron chi connectivity index (χ2n) is 14.9. The molecule has 0 unspecified atom stereocenters. The van der Waals surface area contributed by atoms with Crippen LogP contribution in [0, 0.1) is 11.3 Å². The minimum atomic E-state index is -1.83. The summed E-state index contributed by atoms with van der Waals surface area (Å²) in [5, 5.41) is 14.5. The fraction of sp³-hybridized carbons (Fsp3) is 0.622. The molecule has 3 aliphatic heterocycles. The van der Waals surface area contributed by atoms with Crippen molar-refractivity contribution in [1.29, 1.82) is 0 Å². The Balaban J connectivity index is 1.78. The van der Waals surface area contributed by atoms with Crippen molar-refractivity contribution in [3.8, 4) is 5.75 Å². The number of ether oxygens (including phenoxy) is 5. The normalized spacial score (nSPS) is 31.9. The smallest absolute Gasteiger partial charge is 0.409 e. The van der Waals surface area contributed by atoms with Gasteiger partial charge in [-0.25, -0.2) is 9.59 Å². The standard InChI is InChI=1S/C37H52ClN3O10S/c1-20-12-11-13-27(48-10)37(46)18-26(49-34(45)39-37)21(2)31-36(6,51-31)28(50-32(43)22(3)40(7)33(44)35(4,5)19-52)17-29(42)41(8)24-15-23(14-20)16-25(47-9)30(24)38/h11-13,15-16,21-22,26-28,31,46,52H,14,17-19H2,1-10H3,(H,39,45)/b13-11+,20-12+/t21-,22+,26+,27-,28+,31+,36+,37+/m1/s1. The van der Waals surface area contributed by atoms with E-state index >= 15 is 0 Å². The van der Waals surface area contributed by atoms with Crippen molar-refractivity contribution in [3.05, 3.63) is 46.5 Å². The number of nitrogens with zero attached hydrogens (tertiary/aromatic N) is 2. The number of halogens is 1. The third-order valence-corrected chi connectivity index (χ3v) is 11.6. The molecule has 1 aromatic carbocycles. The van der Waals surface area contributed by atoms with Crippen molar-refractivity contribution in [2.24, 2.45) is 11.3 Å². The molecule has 3 amide bonds. The average molecular weight is 766 g/mol. The molecule has 13 nitrogen and oxygen atoms in total. The van der Waals surface area contributed by atoms with Crippen molar-refractivity contribution < 1.29 is 48.0 Å². The Labute approximate surface area is 316 Å². The number of epoxide rings is 1. The maximum atomic E-state index is 14.1. The van der Waals surface area contributed by atoms with Crippen LogP contribution in [0.2, 0.25) is 5.02 Å². The van der Waals surface area contributed by atoms with Gasteiger partial charge < -0.3 is 38.6 Å². The molecule has 4 bridgehead atoms. The van der Waals surface area contributed by atoms with Crippen molar-refractivity contribution >= 4 is 53.8 Å². The number of fused-ring (bicyclic) bond motifs is 5. The van der Waals surface area contributed by atoms with Gasteiger partial charge in [0, 0.05) is 39.3 Å². The molecule has 15 heteroatoms. The SMILES string of the molecule is COc1cc2cc(c1Cl)N(C)C(=O)C[C@H](OC(=O)[C@H](C)N(C)C(=O)C(C)(C)CS)[C@]1(C)O[C@H]1[C@H](C)[C@@H]1C[C@@](O)(NC(=O)O1)[C@H](OC)/C=C/C=C(\C)C2. The Kier molecular flexibility index (Phi) is 12.7. The van der Waals surface area contributed by atoms with Gasteiger partial charge in [0.1, 0.15) is 40.7 Å². The number of likely N-dealkylation sites (N-methyl/N-ethyl adjacent to an activating group) is 1. The minimum absolute atomic E-state index is 0.0531. The van der Waals surface area contributed by atoms with Crippen LogP contribution in [0.1, 0.15) is 59.9 Å². The molecular formula is C37H52ClN3O10S. The summed E-state index contributed by atoms with van der Waals surface area (Å²) >= 11 is 11.0. The second-order valence-corrected chi connectivity index (χ2v) is 15.6. The molecule has 3 heterocycles. The van der Waals surface area contributed by atoms with Crippen LogP contribution in [-0.4, -0.2) is 110 Å². The number of anilines is 1. The first kappa shape index (κ1) is 41.5. The van der Waals surface area contributed by atoms with Crippen LogP contribution in [-0.2, 0) is 39.8 Å². The number of methoxy groups -OCH3 is 2. The molecule has 0 aromatic heterocycles. The number of carbonyl (C=O) groups is 4. The van der Waals surface area contributed by atoms with Gasteiger partial charge in [0.25, 0.3) is 0 Å². The predicted octanol–water partition coefficient (Wildman–Crippen LogP) is 4.47. The van der Waals surface area contributed by atoms with Gasteiger partial charge in [-0.1, -0.05) is 56.2 Å². The molecule has 288 valence electrons. The predicted molar refractivity (Wildman–Crippen MR) is 199 cm³/mol. The van der Waals surface area contributed by atoms with Gasteiger partial charge in [0.15, 0.2) is 5.72 Å². The van der Waals surface area contributed by atoms with Crippen LogP contribution in [0.15, 0.2) is 35.9 Å². The first-order valence-electron chi connectivity index (χ1n) is 17.2. The molecule has 2 fully saturated rings. The summed E-state index contributed by atoms with van der Waals surface area (Å²) in [7, 11) is 6.00. The van der Waals surface area contributed by atoms with Gasteiger partial charge in [-0.2, -0.15) is 12.6 Å². The molecule has 4 rings (SSSR count). The monoisotopic (exact) mass is 765 g/mol. The zero-order valence-corrected chi connectivity index (χ0v) is 33.2. The fourth-order valence-electron chi connectivity index (χ4n) is 6.72. The van der Waals surface area contributed by atoms with Crippen LogP contribution < -0.4 is 15.0 Å². The van der Waals surface area contributed by atoms with E-state index in [4.69, 9.17) is 35.3 Å². The maximum Gasteiger partial charge on any atom is 0.409 e. The molecule has 1 aromatic rings. The van der Waals surface area contributed by atoms with Gasteiger partial charge in [-0.3, -0.25) is 14.9 Å². The third-order valence-electron chi connectivity index (χ3n) is 10.4. The van der Waals surface area contributed by atoms with Crippen LogP contribution >= 0.6 is 24.2 Å². The number of amides is 3. The summed E-state index contributed by atoms with van der Waals surface area (Å²) < 4.78 is 29.2. The number of rotatable bonds is 7. The summed E-state index contributed by atoms with van der Waals surface area (Å²) in [5.74, 6) is -1.39. The summed E-state index contributed by atoms with van der Waals surface area (Å²) in [4.78, 5) is 56.6. The lowest BCUT2D eigenvalue weighted by molar-refractivity contribution is -0.163. The van der Waals surface area contributed by atoms with Gasteiger partial charge in [0.05, 0.1) is 30.7 Å². The molecule has 0 radical (unpaired) electrons. The number of alkyl carbamates (subject to hydrolysis) is 1.